The van der Waals surface area contributed by atoms with Crippen molar-refractivity contribution in [2.75, 3.05) is 7.11 Å². The van der Waals surface area contributed by atoms with Crippen LogP contribution >= 0.6 is 0 Å². The largest absolute Gasteiger partial charge is 0.496 e. The molecule has 2 heterocycles. The van der Waals surface area contributed by atoms with Gasteiger partial charge in [-0.05, 0) is 54.3 Å². The van der Waals surface area contributed by atoms with Gasteiger partial charge in [0.05, 0.1) is 29.7 Å². The summed E-state index contributed by atoms with van der Waals surface area (Å²) in [6, 6.07) is 18.9. The van der Waals surface area contributed by atoms with Crippen molar-refractivity contribution in [1.82, 2.24) is 14.2 Å². The Morgan fingerprint density at radius 2 is 1.76 bits per heavy atom. The molecule has 3 aromatic carbocycles. The summed E-state index contributed by atoms with van der Waals surface area (Å²) < 4.78 is 8.56. The maximum atomic E-state index is 13.7. The monoisotopic (exact) mass is 492 g/mol. The van der Waals surface area contributed by atoms with Gasteiger partial charge >= 0.3 is 0 Å². The van der Waals surface area contributed by atoms with E-state index in [1.165, 1.54) is 11.6 Å². The van der Waals surface area contributed by atoms with E-state index in [-0.39, 0.29) is 17.4 Å². The summed E-state index contributed by atoms with van der Waals surface area (Å²) in [5, 5.41) is 5.99. The summed E-state index contributed by atoms with van der Waals surface area (Å²) in [5.41, 5.74) is 4.58. The van der Waals surface area contributed by atoms with Crippen LogP contribution in [0, 0.1) is 6.92 Å². The van der Waals surface area contributed by atoms with Gasteiger partial charge in [-0.1, -0.05) is 44.2 Å². The van der Waals surface area contributed by atoms with E-state index in [4.69, 9.17) is 9.72 Å². The molecule has 0 saturated carbocycles. The smallest absolute Gasteiger partial charge is 0.282 e. The molecule has 0 aliphatic carbocycles. The Bertz CT molecular complexity index is 1760. The molecule has 0 bridgehead atoms. The Morgan fingerprint density at radius 3 is 2.46 bits per heavy atom. The lowest BCUT2D eigenvalue weighted by molar-refractivity contribution is 0.0941. The lowest BCUT2D eigenvalue weighted by Gasteiger charge is -2.17. The quantitative estimate of drug-likeness (QED) is 0.282. The molecular weight excluding hydrogens is 464 g/mol. The Balaban J connectivity index is 1.77. The Kier molecular flexibility index (Phi) is 6.21. The fourth-order valence-corrected chi connectivity index (χ4v) is 4.66. The number of aryl methyl sites for hydroxylation is 1. The second kappa shape index (κ2) is 9.50. The molecule has 5 rings (SSSR count). The van der Waals surface area contributed by atoms with Crippen LogP contribution in [0.2, 0.25) is 0 Å². The van der Waals surface area contributed by atoms with Crippen LogP contribution in [0.3, 0.4) is 0 Å². The fraction of sp³-hybridized carbons (Fsp3) is 0.200. The number of hydrogen-bond acceptors (Lipinski definition) is 5. The summed E-state index contributed by atoms with van der Waals surface area (Å²) in [6.45, 7) is 7.68. The normalized spacial score (nSPS) is 11.7. The molecule has 0 radical (unpaired) electrons. The molecule has 0 spiro atoms. The first-order valence-electron chi connectivity index (χ1n) is 12.2. The van der Waals surface area contributed by atoms with Gasteiger partial charge in [0.2, 0.25) is 5.91 Å². The number of hydrogen-bond donors (Lipinski definition) is 0. The predicted octanol–water partition coefficient (Wildman–Crippen LogP) is 6.00. The van der Waals surface area contributed by atoms with E-state index < -0.39 is 0 Å². The van der Waals surface area contributed by atoms with Crippen molar-refractivity contribution < 1.29 is 9.53 Å². The van der Waals surface area contributed by atoms with Gasteiger partial charge in [0.15, 0.2) is 5.82 Å². The number of nitrogens with zero attached hydrogens (tertiary/aromatic N) is 4. The van der Waals surface area contributed by atoms with Crippen molar-refractivity contribution in [3.63, 3.8) is 0 Å². The zero-order valence-electron chi connectivity index (χ0n) is 21.5. The molecule has 0 aliphatic heterocycles. The van der Waals surface area contributed by atoms with Gasteiger partial charge in [0.1, 0.15) is 5.75 Å². The molecule has 0 fully saturated rings. The molecule has 186 valence electrons. The second-order valence-corrected chi connectivity index (χ2v) is 9.37. The average molecular weight is 493 g/mol. The number of methoxy groups -OCH3 is 1. The lowest BCUT2D eigenvalue weighted by atomic mass is 9.96. The van der Waals surface area contributed by atoms with Crippen LogP contribution in [0.25, 0.3) is 33.2 Å². The third-order valence-electron chi connectivity index (χ3n) is 6.59. The van der Waals surface area contributed by atoms with E-state index in [9.17, 15) is 9.59 Å². The molecular formula is C30H28N4O3. The highest BCUT2D eigenvalue weighted by Crippen LogP contribution is 2.34. The van der Waals surface area contributed by atoms with Gasteiger partial charge in [0, 0.05) is 29.6 Å². The molecule has 0 aliphatic rings. The van der Waals surface area contributed by atoms with Gasteiger partial charge in [-0.2, -0.15) is 9.78 Å². The van der Waals surface area contributed by atoms with Gasteiger partial charge in [-0.3, -0.25) is 14.2 Å². The number of carbonyl (C=O) groups is 1. The minimum Gasteiger partial charge on any atom is -0.496 e. The van der Waals surface area contributed by atoms with Crippen molar-refractivity contribution in [1.29, 1.82) is 0 Å². The highest BCUT2D eigenvalue weighted by Gasteiger charge is 2.18. The minimum absolute atomic E-state index is 0.101. The van der Waals surface area contributed by atoms with Crippen LogP contribution in [0.15, 0.2) is 76.8 Å². The molecule has 0 N–H and O–H groups in total. The molecule has 2 aromatic heterocycles. The Labute approximate surface area is 214 Å². The van der Waals surface area contributed by atoms with Gasteiger partial charge in [-0.25, -0.2) is 4.98 Å². The van der Waals surface area contributed by atoms with E-state index >= 15 is 0 Å². The summed E-state index contributed by atoms with van der Waals surface area (Å²) in [4.78, 5) is 30.8. The summed E-state index contributed by atoms with van der Waals surface area (Å²) in [6.07, 6.45) is 3.36. The van der Waals surface area contributed by atoms with E-state index in [1.807, 2.05) is 61.5 Å². The number of carbonyl (C=O) groups excluding carboxylic acids is 1. The first-order valence-corrected chi connectivity index (χ1v) is 12.2. The van der Waals surface area contributed by atoms with Crippen LogP contribution in [0.1, 0.15) is 48.2 Å². The SMILES string of the molecule is COc1cc(C)c(-c2nc3ccccc3c(=O)n2N=Cc2cn(C(C)=O)c3ccccc23)cc1C(C)C. The first kappa shape index (κ1) is 24.2. The fourth-order valence-electron chi connectivity index (χ4n) is 4.66. The Hall–Kier alpha value is -4.52. The number of fused-ring (bicyclic) bond motifs is 2. The van der Waals surface area contributed by atoms with Crippen molar-refractivity contribution in [2.24, 2.45) is 5.10 Å². The van der Waals surface area contributed by atoms with Gasteiger partial charge in [0.25, 0.3) is 5.56 Å². The van der Waals surface area contributed by atoms with Gasteiger partial charge < -0.3 is 4.74 Å². The number of rotatable bonds is 5. The molecule has 0 atom stereocenters. The number of ether oxygens (including phenoxy) is 1. The number of benzene rings is 3. The van der Waals surface area contributed by atoms with Crippen molar-refractivity contribution in [3.05, 3.63) is 93.9 Å². The number of para-hydroxylation sites is 2. The maximum Gasteiger partial charge on any atom is 0.282 e. The molecule has 7 nitrogen and oxygen atoms in total. The van der Waals surface area contributed by atoms with Crippen molar-refractivity contribution >= 4 is 33.9 Å². The lowest BCUT2D eigenvalue weighted by Crippen LogP contribution is -2.20. The van der Waals surface area contributed by atoms with Crippen LogP contribution in [0.4, 0.5) is 0 Å². The predicted molar refractivity (Wildman–Crippen MR) is 148 cm³/mol. The second-order valence-electron chi connectivity index (χ2n) is 9.37. The molecule has 37 heavy (non-hydrogen) atoms. The van der Waals surface area contributed by atoms with E-state index in [1.54, 1.807) is 30.2 Å². The van der Waals surface area contributed by atoms with E-state index in [0.717, 1.165) is 38.9 Å². The molecule has 0 amide bonds. The van der Waals surface area contributed by atoms with Crippen molar-refractivity contribution in [2.45, 2.75) is 33.6 Å². The van der Waals surface area contributed by atoms with Gasteiger partial charge in [-0.15, -0.1) is 0 Å². The first-order chi connectivity index (χ1) is 17.8. The highest BCUT2D eigenvalue weighted by atomic mass is 16.5. The zero-order chi connectivity index (χ0) is 26.3. The van der Waals surface area contributed by atoms with E-state index in [0.29, 0.717) is 16.7 Å². The van der Waals surface area contributed by atoms with Crippen LogP contribution < -0.4 is 10.3 Å². The third-order valence-corrected chi connectivity index (χ3v) is 6.59. The molecule has 7 heteroatoms. The van der Waals surface area contributed by atoms with Crippen LogP contribution in [0.5, 0.6) is 5.75 Å². The topological polar surface area (TPSA) is 78.5 Å². The Morgan fingerprint density at radius 1 is 1.05 bits per heavy atom. The standard InChI is InChI=1S/C30H28N4O3/c1-18(2)24-15-25(19(3)14-28(24)37-5)29-32-26-12-8-6-11-23(26)30(36)34(29)31-16-21-17-33(20(4)35)27-13-9-7-10-22(21)27/h6-18H,1-5H3. The summed E-state index contributed by atoms with van der Waals surface area (Å²) >= 11 is 0. The average Bonchev–Trinajstić information content (AvgIpc) is 3.27. The van der Waals surface area contributed by atoms with Crippen molar-refractivity contribution in [3.8, 4) is 17.1 Å². The molecule has 0 unspecified atom stereocenters. The van der Waals surface area contributed by atoms with Crippen LogP contribution in [-0.4, -0.2) is 33.5 Å². The minimum atomic E-state index is -0.270. The van der Waals surface area contributed by atoms with E-state index in [2.05, 4.69) is 18.9 Å². The van der Waals surface area contributed by atoms with Crippen LogP contribution in [-0.2, 0) is 0 Å². The molecule has 0 saturated heterocycles. The number of aromatic nitrogens is 3. The maximum absolute atomic E-state index is 13.7. The zero-order valence-corrected chi connectivity index (χ0v) is 21.5. The summed E-state index contributed by atoms with van der Waals surface area (Å²) in [7, 11) is 1.66. The highest BCUT2D eigenvalue weighted by molar-refractivity contribution is 6.03. The molecule has 5 aromatic rings. The third kappa shape index (κ3) is 4.22. The summed E-state index contributed by atoms with van der Waals surface area (Å²) in [5.74, 6) is 1.34.